The molecule has 3 aromatic rings. The SMILES string of the molecule is Cc1ccccc1Nc1ccc2c(cnn2CC(C)C)c1. The monoisotopic (exact) mass is 279 g/mol. The van der Waals surface area contributed by atoms with Crippen molar-refractivity contribution in [1.82, 2.24) is 9.78 Å². The first-order valence-electron chi connectivity index (χ1n) is 7.42. The minimum atomic E-state index is 0.595. The maximum atomic E-state index is 4.49. The summed E-state index contributed by atoms with van der Waals surface area (Å²) in [5.41, 5.74) is 4.68. The van der Waals surface area contributed by atoms with Gasteiger partial charge in [-0.25, -0.2) is 0 Å². The highest BCUT2D eigenvalue weighted by Gasteiger charge is 2.06. The van der Waals surface area contributed by atoms with Crippen LogP contribution in [0, 0.1) is 12.8 Å². The molecule has 2 aromatic carbocycles. The summed E-state index contributed by atoms with van der Waals surface area (Å²) in [5.74, 6) is 0.595. The van der Waals surface area contributed by atoms with Crippen LogP contribution < -0.4 is 5.32 Å². The van der Waals surface area contributed by atoms with Gasteiger partial charge < -0.3 is 5.32 Å². The zero-order chi connectivity index (χ0) is 14.8. The first-order chi connectivity index (χ1) is 10.1. The number of anilines is 2. The van der Waals surface area contributed by atoms with Gasteiger partial charge in [0.15, 0.2) is 0 Å². The Balaban J connectivity index is 1.90. The lowest BCUT2D eigenvalue weighted by Gasteiger charge is -2.10. The number of fused-ring (bicyclic) bond motifs is 1. The molecule has 0 unspecified atom stereocenters. The Labute approximate surface area is 125 Å². The fourth-order valence-electron chi connectivity index (χ4n) is 2.52. The first kappa shape index (κ1) is 13.7. The zero-order valence-corrected chi connectivity index (χ0v) is 12.8. The Kier molecular flexibility index (Phi) is 3.65. The van der Waals surface area contributed by atoms with Crippen LogP contribution in [-0.2, 0) is 6.54 Å². The molecule has 1 N–H and O–H groups in total. The zero-order valence-electron chi connectivity index (χ0n) is 12.8. The molecule has 0 aliphatic carbocycles. The molecule has 0 atom stereocenters. The van der Waals surface area contributed by atoms with Crippen molar-refractivity contribution in [3.63, 3.8) is 0 Å². The largest absolute Gasteiger partial charge is 0.355 e. The van der Waals surface area contributed by atoms with Crippen LogP contribution in [0.4, 0.5) is 11.4 Å². The van der Waals surface area contributed by atoms with E-state index in [0.717, 1.165) is 17.9 Å². The van der Waals surface area contributed by atoms with E-state index in [1.807, 2.05) is 6.20 Å². The summed E-state index contributed by atoms with van der Waals surface area (Å²) in [6, 6.07) is 14.7. The lowest BCUT2D eigenvalue weighted by Crippen LogP contribution is -2.05. The van der Waals surface area contributed by atoms with E-state index in [9.17, 15) is 0 Å². The summed E-state index contributed by atoms with van der Waals surface area (Å²) in [5, 5.41) is 9.14. The van der Waals surface area contributed by atoms with Crippen LogP contribution in [0.2, 0.25) is 0 Å². The van der Waals surface area contributed by atoms with Crippen LogP contribution in [0.15, 0.2) is 48.7 Å². The fraction of sp³-hybridized carbons (Fsp3) is 0.278. The van der Waals surface area contributed by atoms with Gasteiger partial charge in [-0.15, -0.1) is 0 Å². The summed E-state index contributed by atoms with van der Waals surface area (Å²) < 4.78 is 2.08. The number of hydrogen-bond donors (Lipinski definition) is 1. The van der Waals surface area contributed by atoms with Crippen molar-refractivity contribution in [2.75, 3.05) is 5.32 Å². The van der Waals surface area contributed by atoms with Crippen molar-refractivity contribution in [2.24, 2.45) is 5.92 Å². The normalized spacial score (nSPS) is 11.2. The first-order valence-corrected chi connectivity index (χ1v) is 7.42. The Morgan fingerprint density at radius 2 is 1.95 bits per heavy atom. The van der Waals surface area contributed by atoms with Crippen LogP contribution >= 0.6 is 0 Å². The highest BCUT2D eigenvalue weighted by molar-refractivity contribution is 5.83. The molecule has 0 spiro atoms. The lowest BCUT2D eigenvalue weighted by molar-refractivity contribution is 0.495. The van der Waals surface area contributed by atoms with Gasteiger partial charge in [0.25, 0.3) is 0 Å². The third-order valence-corrected chi connectivity index (χ3v) is 3.60. The third kappa shape index (κ3) is 2.92. The van der Waals surface area contributed by atoms with Gasteiger partial charge >= 0.3 is 0 Å². The number of nitrogens with one attached hydrogen (secondary N) is 1. The van der Waals surface area contributed by atoms with Crippen LogP contribution in [0.25, 0.3) is 10.9 Å². The van der Waals surface area contributed by atoms with Crippen molar-refractivity contribution in [1.29, 1.82) is 0 Å². The number of nitrogens with zero attached hydrogens (tertiary/aromatic N) is 2. The van der Waals surface area contributed by atoms with Gasteiger partial charge in [0.2, 0.25) is 0 Å². The van der Waals surface area contributed by atoms with E-state index in [0.29, 0.717) is 5.92 Å². The Morgan fingerprint density at radius 1 is 1.14 bits per heavy atom. The molecule has 0 radical (unpaired) electrons. The van der Waals surface area contributed by atoms with Crippen molar-refractivity contribution in [2.45, 2.75) is 27.3 Å². The quantitative estimate of drug-likeness (QED) is 0.747. The molecule has 3 nitrogen and oxygen atoms in total. The molecule has 3 rings (SSSR count). The molecule has 21 heavy (non-hydrogen) atoms. The van der Waals surface area contributed by atoms with Gasteiger partial charge in [-0.05, 0) is 42.7 Å². The van der Waals surface area contributed by atoms with Gasteiger partial charge in [-0.2, -0.15) is 5.10 Å². The fourth-order valence-corrected chi connectivity index (χ4v) is 2.52. The molecule has 1 heterocycles. The average Bonchev–Trinajstić information content (AvgIpc) is 2.83. The number of rotatable bonds is 4. The molecule has 0 aliphatic rings. The van der Waals surface area contributed by atoms with Crippen molar-refractivity contribution in [3.05, 3.63) is 54.2 Å². The average molecular weight is 279 g/mol. The molecule has 0 amide bonds. The molecule has 0 saturated carbocycles. The molecule has 108 valence electrons. The Morgan fingerprint density at radius 3 is 2.71 bits per heavy atom. The van der Waals surface area contributed by atoms with Crippen LogP contribution in [-0.4, -0.2) is 9.78 Å². The van der Waals surface area contributed by atoms with Crippen molar-refractivity contribution in [3.8, 4) is 0 Å². The lowest BCUT2D eigenvalue weighted by atomic mass is 10.1. The van der Waals surface area contributed by atoms with E-state index in [4.69, 9.17) is 0 Å². The molecule has 0 bridgehead atoms. The number of hydrogen-bond acceptors (Lipinski definition) is 2. The van der Waals surface area contributed by atoms with Gasteiger partial charge in [0.05, 0.1) is 11.7 Å². The summed E-state index contributed by atoms with van der Waals surface area (Å²) in [6.07, 6.45) is 1.95. The summed E-state index contributed by atoms with van der Waals surface area (Å²) in [7, 11) is 0. The molecule has 0 fully saturated rings. The third-order valence-electron chi connectivity index (χ3n) is 3.60. The summed E-state index contributed by atoms with van der Waals surface area (Å²) in [4.78, 5) is 0. The van der Waals surface area contributed by atoms with Crippen LogP contribution in [0.1, 0.15) is 19.4 Å². The Hall–Kier alpha value is -2.29. The minimum absolute atomic E-state index is 0.595. The highest BCUT2D eigenvalue weighted by Crippen LogP contribution is 2.24. The van der Waals surface area contributed by atoms with E-state index < -0.39 is 0 Å². The van der Waals surface area contributed by atoms with Gasteiger partial charge in [-0.1, -0.05) is 32.0 Å². The number of benzene rings is 2. The van der Waals surface area contributed by atoms with E-state index in [-0.39, 0.29) is 0 Å². The second-order valence-corrected chi connectivity index (χ2v) is 5.93. The van der Waals surface area contributed by atoms with Crippen LogP contribution in [0.5, 0.6) is 0 Å². The number of para-hydroxylation sites is 1. The molecule has 3 heteroatoms. The van der Waals surface area contributed by atoms with Crippen LogP contribution in [0.3, 0.4) is 0 Å². The standard InChI is InChI=1S/C18H21N3/c1-13(2)12-21-18-9-8-16(10-15(18)11-19-21)20-17-7-5-4-6-14(17)3/h4-11,13,20H,12H2,1-3H3. The predicted molar refractivity (Wildman–Crippen MR) is 89.0 cm³/mol. The van der Waals surface area contributed by atoms with E-state index in [1.54, 1.807) is 0 Å². The Bertz CT molecular complexity index is 756. The number of aryl methyl sites for hydroxylation is 1. The van der Waals surface area contributed by atoms with E-state index >= 15 is 0 Å². The molecule has 1 aromatic heterocycles. The topological polar surface area (TPSA) is 29.9 Å². The second kappa shape index (κ2) is 5.60. The summed E-state index contributed by atoms with van der Waals surface area (Å²) in [6.45, 7) is 7.48. The maximum absolute atomic E-state index is 4.49. The van der Waals surface area contributed by atoms with Crippen molar-refractivity contribution < 1.29 is 0 Å². The molecular weight excluding hydrogens is 258 g/mol. The minimum Gasteiger partial charge on any atom is -0.355 e. The smallest absolute Gasteiger partial charge is 0.0684 e. The second-order valence-electron chi connectivity index (χ2n) is 5.93. The van der Waals surface area contributed by atoms with E-state index in [1.165, 1.54) is 16.5 Å². The van der Waals surface area contributed by atoms with Gasteiger partial charge in [-0.3, -0.25) is 4.68 Å². The molecular formula is C18H21N3. The number of aromatic nitrogens is 2. The maximum Gasteiger partial charge on any atom is 0.0684 e. The van der Waals surface area contributed by atoms with E-state index in [2.05, 4.69) is 78.3 Å². The van der Waals surface area contributed by atoms with Crippen molar-refractivity contribution >= 4 is 22.3 Å². The summed E-state index contributed by atoms with van der Waals surface area (Å²) >= 11 is 0. The highest BCUT2D eigenvalue weighted by atomic mass is 15.3. The predicted octanol–water partition coefficient (Wildman–Crippen LogP) is 4.74. The van der Waals surface area contributed by atoms with Gasteiger partial charge in [0.1, 0.15) is 0 Å². The molecule has 0 aliphatic heterocycles. The van der Waals surface area contributed by atoms with Gasteiger partial charge in [0, 0.05) is 23.3 Å². The molecule has 0 saturated heterocycles.